The lowest BCUT2D eigenvalue weighted by Gasteiger charge is -2.34. The van der Waals surface area contributed by atoms with Gasteiger partial charge in [0.05, 0.1) is 33.0 Å². The van der Waals surface area contributed by atoms with Gasteiger partial charge < -0.3 is 24.4 Å². The number of β-amino-alcohol motifs (C(OH)–C–C–N with tert-alkyl or cyclic N) is 2. The lowest BCUT2D eigenvalue weighted by molar-refractivity contribution is -0.00521. The first kappa shape index (κ1) is 19.0. The third-order valence-corrected chi connectivity index (χ3v) is 4.09. The molecule has 1 aromatic rings. The lowest BCUT2D eigenvalue weighted by atomic mass is 9.95. The molecule has 6 nitrogen and oxygen atoms in total. The topological polar surface area (TPSA) is 71.4 Å². The van der Waals surface area contributed by atoms with E-state index in [1.165, 1.54) is 0 Å². The maximum Gasteiger partial charge on any atom is 0.125 e. The van der Waals surface area contributed by atoms with Gasteiger partial charge in [0.2, 0.25) is 0 Å². The first-order valence-corrected chi connectivity index (χ1v) is 8.36. The molecule has 1 aliphatic heterocycles. The second-order valence-electron chi connectivity index (χ2n) is 6.66. The summed E-state index contributed by atoms with van der Waals surface area (Å²) in [5.74, 6) is 1.83. The highest BCUT2D eigenvalue weighted by molar-refractivity contribution is 5.51. The van der Waals surface area contributed by atoms with Crippen molar-refractivity contribution in [3.8, 4) is 11.5 Å². The van der Waals surface area contributed by atoms with Gasteiger partial charge in [-0.25, -0.2) is 0 Å². The number of benzene rings is 1. The standard InChI is InChI=1S/C18H29NO5/c1-12(2)10-24-11-13(20)7-19-8-14-16(22-3)5-6-17(23-4)18(14)15(21)9-19/h5-6,12-13,15,20-21H,7-11H2,1-4H3/t13-,15-/m1/s1. The highest BCUT2D eigenvalue weighted by Gasteiger charge is 2.30. The van der Waals surface area contributed by atoms with E-state index < -0.39 is 12.2 Å². The molecule has 2 rings (SSSR count). The van der Waals surface area contributed by atoms with E-state index in [0.717, 1.165) is 16.9 Å². The minimum absolute atomic E-state index is 0.298. The van der Waals surface area contributed by atoms with Gasteiger partial charge >= 0.3 is 0 Å². The first-order valence-electron chi connectivity index (χ1n) is 8.36. The summed E-state index contributed by atoms with van der Waals surface area (Å²) >= 11 is 0. The van der Waals surface area contributed by atoms with E-state index in [0.29, 0.717) is 44.5 Å². The predicted octanol–water partition coefficient (Wildman–Crippen LogP) is 1.59. The molecule has 0 fully saturated rings. The number of hydrogen-bond donors (Lipinski definition) is 2. The first-order chi connectivity index (χ1) is 11.5. The van der Waals surface area contributed by atoms with Crippen LogP contribution in [-0.4, -0.2) is 61.7 Å². The van der Waals surface area contributed by atoms with E-state index in [1.807, 2.05) is 17.0 Å². The zero-order valence-electron chi connectivity index (χ0n) is 15.0. The van der Waals surface area contributed by atoms with E-state index >= 15 is 0 Å². The molecular weight excluding hydrogens is 310 g/mol. The molecule has 136 valence electrons. The number of aliphatic hydroxyl groups is 2. The van der Waals surface area contributed by atoms with Gasteiger partial charge in [0.25, 0.3) is 0 Å². The highest BCUT2D eigenvalue weighted by Crippen LogP contribution is 2.39. The van der Waals surface area contributed by atoms with E-state index in [9.17, 15) is 10.2 Å². The van der Waals surface area contributed by atoms with Crippen LogP contribution in [0.4, 0.5) is 0 Å². The lowest BCUT2D eigenvalue weighted by Crippen LogP contribution is -2.40. The second-order valence-corrected chi connectivity index (χ2v) is 6.66. The third-order valence-electron chi connectivity index (χ3n) is 4.09. The number of aliphatic hydroxyl groups excluding tert-OH is 2. The van der Waals surface area contributed by atoms with Crippen molar-refractivity contribution in [2.75, 3.05) is 40.5 Å². The fraction of sp³-hybridized carbons (Fsp3) is 0.667. The van der Waals surface area contributed by atoms with E-state index in [-0.39, 0.29) is 0 Å². The van der Waals surface area contributed by atoms with Crippen LogP contribution in [0.5, 0.6) is 11.5 Å². The molecule has 0 saturated heterocycles. The van der Waals surface area contributed by atoms with Gasteiger partial charge in [0.1, 0.15) is 11.5 Å². The molecule has 0 aliphatic carbocycles. The van der Waals surface area contributed by atoms with Crippen LogP contribution in [0, 0.1) is 5.92 Å². The fourth-order valence-electron chi connectivity index (χ4n) is 3.07. The van der Waals surface area contributed by atoms with Crippen molar-refractivity contribution in [3.63, 3.8) is 0 Å². The van der Waals surface area contributed by atoms with Gasteiger partial charge in [-0.3, -0.25) is 4.90 Å². The molecule has 0 aromatic heterocycles. The maximum absolute atomic E-state index is 10.5. The highest BCUT2D eigenvalue weighted by atomic mass is 16.5. The summed E-state index contributed by atoms with van der Waals surface area (Å²) < 4.78 is 16.3. The summed E-state index contributed by atoms with van der Waals surface area (Å²) in [6.45, 7) is 6.55. The Balaban J connectivity index is 2.05. The molecular formula is C18H29NO5. The van der Waals surface area contributed by atoms with Crippen molar-refractivity contribution in [1.29, 1.82) is 0 Å². The average Bonchev–Trinajstić information content (AvgIpc) is 2.53. The molecule has 0 amide bonds. The van der Waals surface area contributed by atoms with Crippen LogP contribution < -0.4 is 9.47 Å². The summed E-state index contributed by atoms with van der Waals surface area (Å²) in [5, 5.41) is 20.7. The number of nitrogens with zero attached hydrogens (tertiary/aromatic N) is 1. The molecule has 2 N–H and O–H groups in total. The van der Waals surface area contributed by atoms with E-state index in [2.05, 4.69) is 13.8 Å². The zero-order chi connectivity index (χ0) is 17.7. The third kappa shape index (κ3) is 4.60. The van der Waals surface area contributed by atoms with Crippen LogP contribution in [0.15, 0.2) is 12.1 Å². The Morgan fingerprint density at radius 2 is 1.83 bits per heavy atom. The van der Waals surface area contributed by atoms with Crippen LogP contribution >= 0.6 is 0 Å². The molecule has 2 atom stereocenters. The molecule has 1 aromatic carbocycles. The van der Waals surface area contributed by atoms with Crippen molar-refractivity contribution in [2.24, 2.45) is 5.92 Å². The van der Waals surface area contributed by atoms with Crippen LogP contribution in [0.2, 0.25) is 0 Å². The predicted molar refractivity (Wildman–Crippen MR) is 91.4 cm³/mol. The quantitative estimate of drug-likeness (QED) is 0.749. The molecule has 24 heavy (non-hydrogen) atoms. The van der Waals surface area contributed by atoms with Crippen molar-refractivity contribution in [3.05, 3.63) is 23.3 Å². The molecule has 0 unspecified atom stereocenters. The molecule has 1 heterocycles. The largest absolute Gasteiger partial charge is 0.496 e. The maximum atomic E-state index is 10.5. The van der Waals surface area contributed by atoms with Gasteiger partial charge in [-0.15, -0.1) is 0 Å². The summed E-state index contributed by atoms with van der Waals surface area (Å²) in [6, 6.07) is 3.65. The van der Waals surface area contributed by atoms with Crippen molar-refractivity contribution in [1.82, 2.24) is 4.90 Å². The fourth-order valence-corrected chi connectivity index (χ4v) is 3.07. The van der Waals surface area contributed by atoms with E-state index in [1.54, 1.807) is 14.2 Å². The van der Waals surface area contributed by atoms with Gasteiger partial charge in [0, 0.05) is 37.4 Å². The summed E-state index contributed by atoms with van der Waals surface area (Å²) in [4.78, 5) is 2.01. The monoisotopic (exact) mass is 339 g/mol. The summed E-state index contributed by atoms with van der Waals surface area (Å²) in [7, 11) is 3.21. The second kappa shape index (κ2) is 8.67. The van der Waals surface area contributed by atoms with Crippen LogP contribution in [0.3, 0.4) is 0 Å². The van der Waals surface area contributed by atoms with Crippen molar-refractivity contribution >= 4 is 0 Å². The Hall–Kier alpha value is -1.34. The van der Waals surface area contributed by atoms with Gasteiger partial charge in [0.15, 0.2) is 0 Å². The SMILES string of the molecule is COc1ccc(OC)c2c1CN(C[C@@H](O)COCC(C)C)C[C@H]2O. The van der Waals surface area contributed by atoms with Crippen molar-refractivity contribution < 1.29 is 24.4 Å². The van der Waals surface area contributed by atoms with E-state index in [4.69, 9.17) is 14.2 Å². The smallest absolute Gasteiger partial charge is 0.125 e. The summed E-state index contributed by atoms with van der Waals surface area (Å²) in [5.41, 5.74) is 1.68. The zero-order valence-corrected chi connectivity index (χ0v) is 15.0. The van der Waals surface area contributed by atoms with Gasteiger partial charge in [-0.1, -0.05) is 13.8 Å². The molecule has 0 saturated carbocycles. The normalized spacial score (nSPS) is 19.2. The number of hydrogen-bond acceptors (Lipinski definition) is 6. The van der Waals surface area contributed by atoms with Crippen LogP contribution in [-0.2, 0) is 11.3 Å². The van der Waals surface area contributed by atoms with Crippen LogP contribution in [0.1, 0.15) is 31.1 Å². The Bertz CT molecular complexity index is 534. The number of fused-ring (bicyclic) bond motifs is 1. The van der Waals surface area contributed by atoms with Gasteiger partial charge in [-0.05, 0) is 18.1 Å². The van der Waals surface area contributed by atoms with Gasteiger partial charge in [-0.2, -0.15) is 0 Å². The number of rotatable bonds is 8. The Kier molecular flexibility index (Phi) is 6.86. The van der Waals surface area contributed by atoms with Crippen molar-refractivity contribution in [2.45, 2.75) is 32.6 Å². The Morgan fingerprint density at radius 1 is 1.17 bits per heavy atom. The average molecular weight is 339 g/mol. The Labute approximate surface area is 143 Å². The van der Waals surface area contributed by atoms with Crippen LogP contribution in [0.25, 0.3) is 0 Å². The molecule has 6 heteroatoms. The Morgan fingerprint density at radius 3 is 2.46 bits per heavy atom. The minimum atomic E-state index is -0.678. The minimum Gasteiger partial charge on any atom is -0.496 e. The molecule has 0 bridgehead atoms. The number of ether oxygens (including phenoxy) is 3. The molecule has 0 spiro atoms. The number of methoxy groups -OCH3 is 2. The molecule has 0 radical (unpaired) electrons. The summed E-state index contributed by atoms with van der Waals surface area (Å²) in [6.07, 6.45) is -1.27. The molecule has 1 aliphatic rings.